The van der Waals surface area contributed by atoms with Crippen LogP contribution in [0.25, 0.3) is 0 Å². The third-order valence-corrected chi connectivity index (χ3v) is 17.2. The van der Waals surface area contributed by atoms with Gasteiger partial charge in [-0.1, -0.05) is 39.5 Å². The fourth-order valence-corrected chi connectivity index (χ4v) is 13.3. The third-order valence-electron chi connectivity index (χ3n) is 13.5. The number of carbonyl (C=O) groups is 2. The molecule has 4 rings (SSSR count). The van der Waals surface area contributed by atoms with Crippen molar-refractivity contribution in [3.63, 3.8) is 0 Å². The first-order valence-corrected chi connectivity index (χ1v) is 52.2. The Morgan fingerprint density at radius 1 is 0.290 bits per heavy atom. The van der Waals surface area contributed by atoms with Crippen LogP contribution in [0.15, 0.2) is 0 Å². The number of amides is 2. The van der Waals surface area contributed by atoms with Crippen LogP contribution in [0.4, 0.5) is 0 Å². The Kier molecular flexibility index (Phi) is 121. The quantitative estimate of drug-likeness (QED) is 0.00922. The average molecular weight is 2530 g/mol. The standard InChI is InChI=1S/C47H80N2O44S8.14Na.6H2O4S/c1-27-23-31(86-94(52,53)54)37(88-96(58,59)60)45(80-27)84-35-29(3)82-43(41(92-100(70,71)72)39(35)90-98(64,65)66)78-19-13-9-7-11-17-48-33(50)15-21-76-25-47(5,6)26-77-22-16-34(51)49-18-12-8-10-14-20-79-44-42(93-101(73,74)75)40(91-99(67,68)69)36(30(4)83-44)85-46-38(89-97(61,62)63)32(24-28(2)81-46)87-95(55,56)57;;;;;;;;;;;;;;;6*1-5(2,3)4/h23-24,27-32,35-46H,1-4,7-22,25-26H2,5-6H3,(H,48,50)(H,49,51)(H,52,53,54)(H,55,56,57)(H,58,59,60)(H,61,62,63)(H,64,65,66)(H,67,68,69)(H,70,71,72)(H,73,74,75);;;;;;;;;;;;;;;6*(H2,1,2,3,4)/q-6;14*+1;;;;;;/p-14. The van der Waals surface area contributed by atoms with Gasteiger partial charge in [0.05, 0.1) is 38.6 Å². The Morgan fingerprint density at radius 3 is 0.703 bits per heavy atom. The summed E-state index contributed by atoms with van der Waals surface area (Å²) in [5, 5.41) is 5.40. The summed E-state index contributed by atoms with van der Waals surface area (Å²) < 4.78 is 567. The summed E-state index contributed by atoms with van der Waals surface area (Å²) in [5.74, 6) is -0.720. The second-order valence-electron chi connectivity index (χ2n) is 25.1. The molecule has 0 spiro atoms. The summed E-state index contributed by atoms with van der Waals surface area (Å²) in [6, 6.07) is 0. The van der Waals surface area contributed by atoms with Crippen molar-refractivity contribution in [2.45, 2.75) is 189 Å². The maximum atomic E-state index is 12.5. The number of rotatable bonds is 46. The summed E-state index contributed by atoms with van der Waals surface area (Å²) in [7, 11) is -76.2. The van der Waals surface area contributed by atoms with Crippen LogP contribution in [0, 0.1) is 46.0 Å². The van der Waals surface area contributed by atoms with Crippen LogP contribution in [0.1, 0.15) is 78.1 Å². The summed E-state index contributed by atoms with van der Waals surface area (Å²) in [6.45, 7) is 17.5. The first-order chi connectivity index (χ1) is 58.2. The van der Waals surface area contributed by atoms with E-state index in [0.717, 1.165) is 0 Å². The molecule has 18 unspecified atom stereocenters. The Bertz CT molecular complexity index is 4740. The van der Waals surface area contributed by atoms with E-state index < -0.39 is 262 Å². The van der Waals surface area contributed by atoms with E-state index in [0.29, 0.717) is 51.4 Å². The molecule has 4 saturated heterocycles. The Balaban J connectivity index is -0.000000216. The molecule has 8 N–H and O–H groups in total. The maximum Gasteiger partial charge on any atom is 1.00 e. The molecule has 2 amide bonds. The molecule has 4 fully saturated rings. The largest absolute Gasteiger partial charge is 1.00 e. The number of nitrogens with one attached hydrogen (secondary N) is 2. The van der Waals surface area contributed by atoms with Gasteiger partial charge in [0, 0.05) is 44.6 Å². The summed E-state index contributed by atoms with van der Waals surface area (Å²) in [6.07, 6.45) is -36.7. The van der Waals surface area contributed by atoms with Crippen LogP contribution >= 0.6 is 0 Å². The SMILES string of the molecule is O=S(=O)([O-])O.O=S(=O)([O-])O.O=S(=O)([O-])O.O=S(=O)([O-])O.O=S(=O)([O-])O.O=S(=O)([O-])O.[CH2-]C1[CH-]C(OS(=O)(=O)[O-])C(OS(=O)(=O)[O-])C(OC2C([CH2-])OC(OCCCCCCNC(=O)CCOCC(C)(C)COCCC(=O)NCCCCCCOC3OC([CH2-])C(OC4OC([CH2-])[CH-]C(OS(=O)(=O)[O-])C4OS(=O)(=O)[O-])C(OS(=O)(=O)[O-])C3OS(=O)(=O)[O-])C(OS(=O)(=O)[O-])C2OS(=O)(=O)[O-])O1.[Na+].[Na+].[Na+].[Na+].[Na+].[Na+].[Na+].[Na+].[Na+].[Na+].[Na+].[Na+].[Na+].[Na+]. The zero-order chi connectivity index (χ0) is 103. The second kappa shape index (κ2) is 90.7. The number of hydrogen-bond acceptors (Lipinski definition) is 62. The summed E-state index contributed by atoms with van der Waals surface area (Å²) in [4.78, 5) is 25.0. The number of ether oxygens (including phenoxy) is 10. The topological polar surface area (TPSA) is 1150 Å². The van der Waals surface area contributed by atoms with Crippen LogP contribution in [0.5, 0.6) is 0 Å². The molecule has 4 aliphatic rings. The van der Waals surface area contributed by atoms with Gasteiger partial charge in [-0.25, -0.2) is 118 Å². The molecule has 0 aromatic rings. The molecule has 0 radical (unpaired) electrons. The first-order valence-electron chi connectivity index (χ1n) is 33.3. The molecule has 0 aliphatic carbocycles. The van der Waals surface area contributed by atoms with E-state index in [2.05, 4.69) is 71.8 Å². The average Bonchev–Trinajstić information content (AvgIpc) is 0.774. The molecule has 0 aromatic carbocycles. The third kappa shape index (κ3) is 127. The monoisotopic (exact) mass is 2530 g/mol. The van der Waals surface area contributed by atoms with Crippen molar-refractivity contribution in [3.05, 3.63) is 40.5 Å². The molecule has 98 heteroatoms. The Hall–Kier alpha value is 10.7. The smallest absolute Gasteiger partial charge is 0.726 e. The van der Waals surface area contributed by atoms with Gasteiger partial charge >= 0.3 is 414 Å². The van der Waals surface area contributed by atoms with Crippen molar-refractivity contribution in [2.24, 2.45) is 5.41 Å². The van der Waals surface area contributed by atoms with Crippen molar-refractivity contribution < 1.29 is 713 Å². The van der Waals surface area contributed by atoms with Crippen molar-refractivity contribution >= 4 is 157 Å². The number of carbonyl (C=O) groups excluding carboxylic acids is 2. The minimum absolute atomic E-state index is 0. The van der Waals surface area contributed by atoms with Crippen LogP contribution in [0.2, 0.25) is 0 Å². The van der Waals surface area contributed by atoms with E-state index in [4.69, 9.17) is 153 Å². The minimum Gasteiger partial charge on any atom is -0.726 e. The zero-order valence-electron chi connectivity index (χ0n) is 79.3. The van der Waals surface area contributed by atoms with Gasteiger partial charge in [-0.2, -0.15) is 12.2 Å². The van der Waals surface area contributed by atoms with Gasteiger partial charge in [-0.05, 0) is 50.1 Å². The number of unbranched alkanes of at least 4 members (excludes halogenated alkanes) is 6. The van der Waals surface area contributed by atoms with Crippen molar-refractivity contribution in [3.8, 4) is 0 Å². The second-order valence-corrected chi connectivity index (χ2v) is 38.3. The molecule has 18 atom stereocenters. The predicted octanol–water partition coefficient (Wildman–Crippen LogP) is -53.5. The van der Waals surface area contributed by atoms with Gasteiger partial charge in [-0.15, -0.1) is 0 Å². The van der Waals surface area contributed by atoms with Gasteiger partial charge in [0.15, 0.2) is 37.4 Å². The van der Waals surface area contributed by atoms with Crippen LogP contribution < -0.4 is 424 Å². The molecule has 0 bridgehead atoms. The van der Waals surface area contributed by atoms with Gasteiger partial charge in [0.25, 0.3) is 0 Å². The van der Waals surface area contributed by atoms with E-state index in [9.17, 15) is 113 Å². The van der Waals surface area contributed by atoms with Crippen LogP contribution in [0.3, 0.4) is 0 Å². The van der Waals surface area contributed by atoms with E-state index in [1.165, 1.54) is 0 Å². The van der Waals surface area contributed by atoms with E-state index in [-0.39, 0.29) is 504 Å². The molecule has 788 valence electrons. The molecule has 0 saturated carbocycles. The summed E-state index contributed by atoms with van der Waals surface area (Å²) in [5.41, 5.74) is -0.566. The van der Waals surface area contributed by atoms with Gasteiger partial charge in [0.1, 0.15) is 24.4 Å². The maximum absolute atomic E-state index is 12.5. The molecule has 145 heavy (non-hydrogen) atoms. The molecular formula is C47H78N2Na14O68S14-6. The van der Waals surface area contributed by atoms with E-state index >= 15 is 0 Å². The Labute approximate surface area is 1150 Å². The zero-order valence-corrected chi connectivity index (χ0v) is 119. The Morgan fingerprint density at radius 2 is 0.490 bits per heavy atom. The van der Waals surface area contributed by atoms with E-state index in [1.54, 1.807) is 0 Å². The van der Waals surface area contributed by atoms with Crippen molar-refractivity contribution in [1.82, 2.24) is 10.6 Å². The van der Waals surface area contributed by atoms with Gasteiger partial charge < -0.3 is 158 Å². The normalized spacial score (nSPS) is 23.3. The fraction of sp³-hybridized carbons (Fsp3) is 0.830. The van der Waals surface area contributed by atoms with Gasteiger partial charge in [-0.3, -0.25) is 74.8 Å². The van der Waals surface area contributed by atoms with Crippen LogP contribution in [-0.4, -0.2) is 384 Å². The minimum atomic E-state index is -5.94. The molecule has 4 aliphatic heterocycles. The number of hydrogen-bond donors (Lipinski definition) is 8. The fourth-order valence-electron chi connectivity index (χ4n) is 9.57. The van der Waals surface area contributed by atoms with Crippen molar-refractivity contribution in [1.29, 1.82) is 0 Å². The van der Waals surface area contributed by atoms with E-state index in [1.807, 2.05) is 13.8 Å². The van der Waals surface area contributed by atoms with Gasteiger partial charge in [0.2, 0.25) is 157 Å². The molecule has 4 heterocycles. The summed E-state index contributed by atoms with van der Waals surface area (Å²) >= 11 is 0. The van der Waals surface area contributed by atoms with Crippen molar-refractivity contribution in [2.75, 3.05) is 52.7 Å². The van der Waals surface area contributed by atoms with Crippen LogP contribution in [-0.2, 0) is 236 Å². The first kappa shape index (κ1) is 194. The molecule has 70 nitrogen and oxygen atoms in total. The molecular weight excluding hydrogens is 2450 g/mol. The predicted molar refractivity (Wildman–Crippen MR) is 384 cm³/mol. The molecule has 0 aromatic heterocycles.